The summed E-state index contributed by atoms with van der Waals surface area (Å²) < 4.78 is 0. The highest BCUT2D eigenvalue weighted by Gasteiger charge is 2.37. The molecule has 108 valence electrons. The van der Waals surface area contributed by atoms with Crippen molar-refractivity contribution in [2.75, 3.05) is 11.3 Å². The molecule has 0 bridgehead atoms. The predicted molar refractivity (Wildman–Crippen MR) is 89.3 cm³/mol. The molecule has 1 atom stereocenters. The Labute approximate surface area is 129 Å². The van der Waals surface area contributed by atoms with Gasteiger partial charge in [0.05, 0.1) is 11.4 Å². The SMILES string of the molecule is CSC1=NC(C)(c2ccccn2)NN1c1ccc(C)cc1. The second kappa shape index (κ2) is 5.50. The molecule has 21 heavy (non-hydrogen) atoms. The zero-order valence-corrected chi connectivity index (χ0v) is 13.2. The lowest BCUT2D eigenvalue weighted by molar-refractivity contribution is 0.411. The van der Waals surface area contributed by atoms with Gasteiger partial charge in [0.1, 0.15) is 0 Å². The topological polar surface area (TPSA) is 40.5 Å². The van der Waals surface area contributed by atoms with Gasteiger partial charge in [0.2, 0.25) is 0 Å². The summed E-state index contributed by atoms with van der Waals surface area (Å²) in [5.74, 6) is 0. The summed E-state index contributed by atoms with van der Waals surface area (Å²) in [6.45, 7) is 4.13. The standard InChI is InChI=1S/C16H18N4S/c1-12-7-9-13(10-8-12)20-15(21-3)18-16(2,19-20)14-6-4-5-11-17-14/h4-11,19H,1-3H3. The highest BCUT2D eigenvalue weighted by Crippen LogP contribution is 2.31. The van der Waals surface area contributed by atoms with E-state index in [-0.39, 0.29) is 0 Å². The number of nitrogens with one attached hydrogen (secondary N) is 1. The maximum Gasteiger partial charge on any atom is 0.180 e. The third kappa shape index (κ3) is 2.66. The fraction of sp³-hybridized carbons (Fsp3) is 0.250. The Bertz CT molecular complexity index is 654. The van der Waals surface area contributed by atoms with Gasteiger partial charge in [-0.3, -0.25) is 9.99 Å². The highest BCUT2D eigenvalue weighted by molar-refractivity contribution is 8.13. The van der Waals surface area contributed by atoms with Crippen LogP contribution < -0.4 is 10.4 Å². The molecule has 1 aromatic heterocycles. The number of aromatic nitrogens is 1. The smallest absolute Gasteiger partial charge is 0.180 e. The van der Waals surface area contributed by atoms with Crippen LogP contribution in [0.15, 0.2) is 53.7 Å². The second-order valence-electron chi connectivity index (χ2n) is 5.17. The van der Waals surface area contributed by atoms with Crippen molar-refractivity contribution in [1.82, 2.24) is 10.4 Å². The number of pyridine rings is 1. The van der Waals surface area contributed by atoms with Crippen LogP contribution in [0.5, 0.6) is 0 Å². The van der Waals surface area contributed by atoms with Gasteiger partial charge in [-0.05, 0) is 44.4 Å². The summed E-state index contributed by atoms with van der Waals surface area (Å²) in [4.78, 5) is 9.26. The largest absolute Gasteiger partial charge is 0.257 e. The van der Waals surface area contributed by atoms with Crippen LogP contribution in [0.2, 0.25) is 0 Å². The van der Waals surface area contributed by atoms with Crippen molar-refractivity contribution in [2.45, 2.75) is 19.5 Å². The molecule has 0 fully saturated rings. The number of nitrogens with zero attached hydrogens (tertiary/aromatic N) is 3. The van der Waals surface area contributed by atoms with E-state index in [1.54, 1.807) is 18.0 Å². The van der Waals surface area contributed by atoms with Crippen molar-refractivity contribution in [3.8, 4) is 0 Å². The van der Waals surface area contributed by atoms with Crippen molar-refractivity contribution >= 4 is 22.6 Å². The minimum absolute atomic E-state index is 0.537. The number of rotatable bonds is 2. The lowest BCUT2D eigenvalue weighted by Gasteiger charge is -2.26. The van der Waals surface area contributed by atoms with Crippen molar-refractivity contribution in [3.63, 3.8) is 0 Å². The van der Waals surface area contributed by atoms with E-state index in [0.717, 1.165) is 16.5 Å². The zero-order valence-electron chi connectivity index (χ0n) is 12.4. The first-order valence-corrected chi connectivity index (χ1v) is 8.05. The number of benzene rings is 1. The van der Waals surface area contributed by atoms with Gasteiger partial charge < -0.3 is 0 Å². The van der Waals surface area contributed by atoms with Crippen molar-refractivity contribution in [1.29, 1.82) is 0 Å². The molecule has 0 spiro atoms. The molecule has 4 nitrogen and oxygen atoms in total. The lowest BCUT2D eigenvalue weighted by Crippen LogP contribution is -2.45. The number of aliphatic imine (C=N–C) groups is 1. The summed E-state index contributed by atoms with van der Waals surface area (Å²) in [5.41, 5.74) is 6.16. The lowest BCUT2D eigenvalue weighted by atomic mass is 10.1. The monoisotopic (exact) mass is 298 g/mol. The fourth-order valence-electron chi connectivity index (χ4n) is 2.30. The molecule has 1 aliphatic heterocycles. The van der Waals surface area contributed by atoms with E-state index < -0.39 is 5.66 Å². The molecule has 1 aromatic carbocycles. The molecule has 0 radical (unpaired) electrons. The Kier molecular flexibility index (Phi) is 3.69. The first-order valence-electron chi connectivity index (χ1n) is 6.82. The van der Waals surface area contributed by atoms with E-state index in [4.69, 9.17) is 4.99 Å². The summed E-state index contributed by atoms with van der Waals surface area (Å²) in [6.07, 6.45) is 3.83. The molecule has 0 saturated heterocycles. The first kappa shape index (κ1) is 14.1. The van der Waals surface area contributed by atoms with Gasteiger partial charge in [-0.1, -0.05) is 35.5 Å². The molecule has 3 rings (SSSR count). The maximum atomic E-state index is 4.82. The van der Waals surface area contributed by atoms with Crippen LogP contribution in [0.25, 0.3) is 0 Å². The molecule has 0 amide bonds. The van der Waals surface area contributed by atoms with E-state index in [9.17, 15) is 0 Å². The van der Waals surface area contributed by atoms with Gasteiger partial charge in [-0.15, -0.1) is 0 Å². The van der Waals surface area contributed by atoms with E-state index in [1.807, 2.05) is 36.4 Å². The van der Waals surface area contributed by atoms with Crippen LogP contribution in [-0.2, 0) is 5.66 Å². The van der Waals surface area contributed by atoms with E-state index in [2.05, 4.69) is 41.6 Å². The molecule has 5 heteroatoms. The van der Waals surface area contributed by atoms with Gasteiger partial charge in [0.25, 0.3) is 0 Å². The Balaban J connectivity index is 1.96. The third-order valence-corrected chi connectivity index (χ3v) is 4.12. The first-order chi connectivity index (χ1) is 10.1. The average Bonchev–Trinajstić information content (AvgIpc) is 2.87. The Morgan fingerprint density at radius 3 is 2.52 bits per heavy atom. The minimum atomic E-state index is -0.537. The van der Waals surface area contributed by atoms with Crippen molar-refractivity contribution in [2.24, 2.45) is 4.99 Å². The summed E-state index contributed by atoms with van der Waals surface area (Å²) in [5, 5.41) is 2.96. The molecule has 1 unspecified atom stereocenters. The molecule has 0 aliphatic carbocycles. The molecular formula is C16H18N4S. The molecule has 0 saturated carbocycles. The number of hydrogen-bond donors (Lipinski definition) is 1. The molecule has 1 N–H and O–H groups in total. The quantitative estimate of drug-likeness (QED) is 0.923. The van der Waals surface area contributed by atoms with Crippen LogP contribution in [0.3, 0.4) is 0 Å². The van der Waals surface area contributed by atoms with E-state index >= 15 is 0 Å². The van der Waals surface area contributed by atoms with Gasteiger partial charge in [-0.25, -0.2) is 4.99 Å². The Morgan fingerprint density at radius 2 is 1.90 bits per heavy atom. The van der Waals surface area contributed by atoms with Crippen LogP contribution in [-0.4, -0.2) is 16.4 Å². The van der Waals surface area contributed by atoms with E-state index in [1.165, 1.54) is 5.56 Å². The summed E-state index contributed by atoms with van der Waals surface area (Å²) in [7, 11) is 0. The second-order valence-corrected chi connectivity index (χ2v) is 5.94. The predicted octanol–water partition coefficient (Wildman–Crippen LogP) is 3.31. The van der Waals surface area contributed by atoms with Gasteiger partial charge >= 0.3 is 0 Å². The average molecular weight is 298 g/mol. The number of anilines is 1. The van der Waals surface area contributed by atoms with Crippen molar-refractivity contribution in [3.05, 3.63) is 59.9 Å². The van der Waals surface area contributed by atoms with Crippen LogP contribution >= 0.6 is 11.8 Å². The number of aryl methyl sites for hydroxylation is 1. The molecule has 2 heterocycles. The number of hydrazine groups is 1. The fourth-order valence-corrected chi connectivity index (χ4v) is 2.91. The molecule has 1 aliphatic rings. The molecular weight excluding hydrogens is 280 g/mol. The number of hydrogen-bond acceptors (Lipinski definition) is 5. The number of thioether (sulfide) groups is 1. The van der Waals surface area contributed by atoms with Crippen LogP contribution in [0, 0.1) is 6.92 Å². The minimum Gasteiger partial charge on any atom is -0.257 e. The zero-order chi connectivity index (χ0) is 14.9. The van der Waals surface area contributed by atoms with Crippen molar-refractivity contribution < 1.29 is 0 Å². The summed E-state index contributed by atoms with van der Waals surface area (Å²) >= 11 is 1.62. The third-order valence-electron chi connectivity index (χ3n) is 3.48. The Hall–Kier alpha value is -1.85. The van der Waals surface area contributed by atoms with E-state index in [0.29, 0.717) is 0 Å². The molecule has 2 aromatic rings. The van der Waals surface area contributed by atoms with Gasteiger partial charge in [-0.2, -0.15) is 5.43 Å². The number of amidine groups is 1. The van der Waals surface area contributed by atoms with Crippen LogP contribution in [0.4, 0.5) is 5.69 Å². The van der Waals surface area contributed by atoms with Crippen LogP contribution in [0.1, 0.15) is 18.2 Å². The normalized spacial score (nSPS) is 21.5. The van der Waals surface area contributed by atoms with Gasteiger partial charge in [0, 0.05) is 6.20 Å². The van der Waals surface area contributed by atoms with Gasteiger partial charge in [0.15, 0.2) is 10.8 Å². The maximum absolute atomic E-state index is 4.82. The highest BCUT2D eigenvalue weighted by atomic mass is 32.2. The Morgan fingerprint density at radius 1 is 1.14 bits per heavy atom. The summed E-state index contributed by atoms with van der Waals surface area (Å²) in [6, 6.07) is 14.3.